The summed E-state index contributed by atoms with van der Waals surface area (Å²) in [6, 6.07) is 19.1. The van der Waals surface area contributed by atoms with E-state index in [0.717, 1.165) is 26.8 Å². The number of fused-ring (bicyclic) bond motifs is 1. The van der Waals surface area contributed by atoms with Crippen molar-refractivity contribution in [3.8, 4) is 0 Å². The van der Waals surface area contributed by atoms with E-state index in [0.29, 0.717) is 12.0 Å². The molecule has 2 aliphatic rings. The number of halogens is 1. The van der Waals surface area contributed by atoms with Crippen molar-refractivity contribution >= 4 is 44.6 Å². The van der Waals surface area contributed by atoms with Gasteiger partial charge in [-0.3, -0.25) is 0 Å². The first-order chi connectivity index (χ1) is 17.7. The number of rotatable bonds is 7. The van der Waals surface area contributed by atoms with Crippen molar-refractivity contribution < 1.29 is 17.6 Å². The lowest BCUT2D eigenvalue weighted by molar-refractivity contribution is 0.235. The Balaban J connectivity index is 1.46. The van der Waals surface area contributed by atoms with Gasteiger partial charge in [0.1, 0.15) is 11.1 Å². The molecule has 2 aliphatic heterocycles. The van der Waals surface area contributed by atoms with E-state index in [-0.39, 0.29) is 23.4 Å². The lowest BCUT2D eigenvalue weighted by atomic mass is 10.0. The normalized spacial score (nSPS) is 19.9. The summed E-state index contributed by atoms with van der Waals surface area (Å²) in [5.41, 5.74) is 9.71. The van der Waals surface area contributed by atoms with Crippen LogP contribution in [0.1, 0.15) is 28.0 Å². The summed E-state index contributed by atoms with van der Waals surface area (Å²) in [4.78, 5) is 14.9. The standard InChI is InChI=1S/C27H25FN4O3S2/c1-2-25(37(34,35)31-16-22(30-27(31)33)17-6-4-3-5-7-17)18-8-13-23-19(14-18)15-24(26(29)36)32(23)21-11-9-20(28)10-12-21/h2-14,22,24-25H,1,15-16H2,(H2,29,36)(H,30,33). The maximum Gasteiger partial charge on any atom is 0.331 e. The number of urea groups is 1. The van der Waals surface area contributed by atoms with Gasteiger partial charge in [-0.2, -0.15) is 0 Å². The van der Waals surface area contributed by atoms with Crippen LogP contribution in [0, 0.1) is 5.82 Å². The number of nitrogens with one attached hydrogen (secondary N) is 1. The zero-order chi connectivity index (χ0) is 26.3. The van der Waals surface area contributed by atoms with E-state index in [4.69, 9.17) is 18.0 Å². The topological polar surface area (TPSA) is 95.7 Å². The molecule has 1 saturated heterocycles. The third-order valence-corrected chi connectivity index (χ3v) is 9.07. The highest BCUT2D eigenvalue weighted by molar-refractivity contribution is 7.90. The molecule has 1 fully saturated rings. The number of thiocarbonyl (C=S) groups is 1. The predicted molar refractivity (Wildman–Crippen MR) is 146 cm³/mol. The third kappa shape index (κ3) is 4.47. The Morgan fingerprint density at radius 3 is 2.49 bits per heavy atom. The molecule has 2 heterocycles. The fraction of sp³-hybridized carbons (Fsp3) is 0.185. The van der Waals surface area contributed by atoms with Crippen molar-refractivity contribution in [3.63, 3.8) is 0 Å². The molecule has 0 aromatic heterocycles. The van der Waals surface area contributed by atoms with Gasteiger partial charge in [0, 0.05) is 17.8 Å². The SMILES string of the molecule is C=CC(c1ccc2c(c1)CC(C(N)=S)N2c1ccc(F)cc1)S(=O)(=O)N1CC(c2ccccc2)NC1=O. The predicted octanol–water partition coefficient (Wildman–Crippen LogP) is 4.50. The summed E-state index contributed by atoms with van der Waals surface area (Å²) in [7, 11) is -4.11. The molecular weight excluding hydrogens is 511 g/mol. The largest absolute Gasteiger partial charge is 0.392 e. The first-order valence-electron chi connectivity index (χ1n) is 11.7. The van der Waals surface area contributed by atoms with Gasteiger partial charge in [0.2, 0.25) is 10.0 Å². The number of nitrogens with zero attached hydrogens (tertiary/aromatic N) is 2. The molecule has 0 spiro atoms. The second kappa shape index (κ2) is 9.60. The van der Waals surface area contributed by atoms with Gasteiger partial charge in [-0.05, 0) is 47.0 Å². The monoisotopic (exact) mass is 536 g/mol. The summed E-state index contributed by atoms with van der Waals surface area (Å²) in [5, 5.41) is 1.62. The van der Waals surface area contributed by atoms with E-state index in [1.165, 1.54) is 18.2 Å². The number of hydrogen-bond donors (Lipinski definition) is 2. The molecule has 0 bridgehead atoms. The number of benzene rings is 3. The Morgan fingerprint density at radius 2 is 1.84 bits per heavy atom. The van der Waals surface area contributed by atoms with Crippen molar-refractivity contribution in [3.05, 3.63) is 108 Å². The Labute approximate surface area is 220 Å². The second-order valence-electron chi connectivity index (χ2n) is 9.00. The Bertz CT molecular complexity index is 1480. The zero-order valence-corrected chi connectivity index (χ0v) is 21.4. The number of anilines is 2. The highest BCUT2D eigenvalue weighted by Crippen LogP contribution is 2.41. The number of carbonyl (C=O) groups excluding carboxylic acids is 1. The van der Waals surface area contributed by atoms with Crippen molar-refractivity contribution in [2.45, 2.75) is 23.8 Å². The Kier molecular flexibility index (Phi) is 6.47. The van der Waals surface area contributed by atoms with Crippen molar-refractivity contribution in [1.82, 2.24) is 9.62 Å². The molecule has 10 heteroatoms. The quantitative estimate of drug-likeness (QED) is 0.341. The molecule has 3 aromatic carbocycles. The minimum absolute atomic E-state index is 0.0116. The minimum atomic E-state index is -4.11. The smallest absolute Gasteiger partial charge is 0.331 e. The molecule has 0 radical (unpaired) electrons. The molecule has 0 aliphatic carbocycles. The van der Waals surface area contributed by atoms with E-state index < -0.39 is 27.3 Å². The zero-order valence-electron chi connectivity index (χ0n) is 19.7. The maximum absolute atomic E-state index is 13.6. The van der Waals surface area contributed by atoms with Crippen LogP contribution < -0.4 is 16.0 Å². The summed E-state index contributed by atoms with van der Waals surface area (Å²) < 4.78 is 41.7. The average Bonchev–Trinajstić information content (AvgIpc) is 3.47. The lowest BCUT2D eigenvalue weighted by Crippen LogP contribution is -2.38. The van der Waals surface area contributed by atoms with Crippen molar-refractivity contribution in [1.29, 1.82) is 0 Å². The Morgan fingerprint density at radius 1 is 1.14 bits per heavy atom. The van der Waals surface area contributed by atoms with Crippen LogP contribution in [0.2, 0.25) is 0 Å². The molecule has 3 N–H and O–H groups in total. The van der Waals surface area contributed by atoms with E-state index in [1.54, 1.807) is 30.3 Å². The molecular formula is C27H25FN4O3S2. The van der Waals surface area contributed by atoms with E-state index >= 15 is 0 Å². The van der Waals surface area contributed by atoms with Gasteiger partial charge in [0.25, 0.3) is 0 Å². The summed E-state index contributed by atoms with van der Waals surface area (Å²) in [6.45, 7) is 3.75. The average molecular weight is 537 g/mol. The maximum atomic E-state index is 13.6. The fourth-order valence-corrected chi connectivity index (χ4v) is 6.81. The highest BCUT2D eigenvalue weighted by Gasteiger charge is 2.42. The van der Waals surface area contributed by atoms with Crippen LogP contribution in [-0.2, 0) is 16.4 Å². The van der Waals surface area contributed by atoms with Gasteiger partial charge in [-0.1, -0.05) is 60.8 Å². The molecule has 0 saturated carbocycles. The summed E-state index contributed by atoms with van der Waals surface area (Å²) in [6.07, 6.45) is 1.79. The summed E-state index contributed by atoms with van der Waals surface area (Å²) in [5.74, 6) is -0.357. The number of hydrogen-bond acceptors (Lipinski definition) is 5. The fourth-order valence-electron chi connectivity index (χ4n) is 4.97. The molecule has 37 heavy (non-hydrogen) atoms. The molecule has 5 rings (SSSR count). The first kappa shape index (κ1) is 24.9. The van der Waals surface area contributed by atoms with Crippen LogP contribution in [-0.4, -0.2) is 36.3 Å². The van der Waals surface area contributed by atoms with Gasteiger partial charge in [-0.15, -0.1) is 6.58 Å². The Hall–Kier alpha value is -3.76. The number of carbonyl (C=O) groups is 1. The minimum Gasteiger partial charge on any atom is -0.392 e. The van der Waals surface area contributed by atoms with Crippen LogP contribution in [0.25, 0.3) is 0 Å². The van der Waals surface area contributed by atoms with Crippen LogP contribution >= 0.6 is 12.2 Å². The van der Waals surface area contributed by atoms with Crippen molar-refractivity contribution in [2.75, 3.05) is 11.4 Å². The molecule has 3 atom stereocenters. The lowest BCUT2D eigenvalue weighted by Gasteiger charge is -2.27. The number of amides is 2. The summed E-state index contributed by atoms with van der Waals surface area (Å²) >= 11 is 5.31. The van der Waals surface area contributed by atoms with Gasteiger partial charge >= 0.3 is 6.03 Å². The van der Waals surface area contributed by atoms with Gasteiger partial charge in [0.05, 0.1) is 23.6 Å². The molecule has 3 unspecified atom stereocenters. The molecule has 190 valence electrons. The van der Waals surface area contributed by atoms with Gasteiger partial charge < -0.3 is 16.0 Å². The first-order valence-corrected chi connectivity index (χ1v) is 13.6. The van der Waals surface area contributed by atoms with Crippen LogP contribution in [0.4, 0.5) is 20.6 Å². The number of sulfonamides is 1. The molecule has 3 aromatic rings. The van der Waals surface area contributed by atoms with Crippen LogP contribution in [0.15, 0.2) is 85.5 Å². The second-order valence-corrected chi connectivity index (χ2v) is 11.5. The molecule has 7 nitrogen and oxygen atoms in total. The van der Waals surface area contributed by atoms with Crippen molar-refractivity contribution in [2.24, 2.45) is 5.73 Å². The van der Waals surface area contributed by atoms with Gasteiger partial charge in [0.15, 0.2) is 0 Å². The van der Waals surface area contributed by atoms with E-state index in [9.17, 15) is 17.6 Å². The van der Waals surface area contributed by atoms with Crippen LogP contribution in [0.5, 0.6) is 0 Å². The van der Waals surface area contributed by atoms with E-state index in [2.05, 4.69) is 11.9 Å². The highest BCUT2D eigenvalue weighted by atomic mass is 32.2. The third-order valence-electron chi connectivity index (χ3n) is 6.77. The van der Waals surface area contributed by atoms with Crippen LogP contribution in [0.3, 0.4) is 0 Å². The number of nitrogens with two attached hydrogens (primary N) is 1. The molecule has 2 amide bonds. The van der Waals surface area contributed by atoms with Gasteiger partial charge in [-0.25, -0.2) is 21.9 Å². The van der Waals surface area contributed by atoms with E-state index in [1.807, 2.05) is 35.2 Å².